The summed E-state index contributed by atoms with van der Waals surface area (Å²) in [4.78, 5) is 27.7. The molecule has 0 atom stereocenters. The summed E-state index contributed by atoms with van der Waals surface area (Å²) < 4.78 is 45.9. The van der Waals surface area contributed by atoms with Crippen molar-refractivity contribution in [1.82, 2.24) is 24.6 Å². The molecular formula is C29H22Cl2F3N5O4. The standard InChI is InChI=1S/C29H22Cl2F3N5O4/c1-38-24-13-21(43-29(32,33)34)6-7-22(24)36-27(38)25-14-23(18-10-19(30)12-20(31)11-18)37-39(25)15-16-2-4-17(5-3-16)28(42)35-9-8-26(40)41/h2-7,10-14H,8-9,15H2,1H3,(H,35,42)(H,40,41). The number of ether oxygens (including phenoxy) is 1. The van der Waals surface area contributed by atoms with Crippen molar-refractivity contribution in [2.75, 3.05) is 6.54 Å². The van der Waals surface area contributed by atoms with Gasteiger partial charge in [-0.2, -0.15) is 5.10 Å². The van der Waals surface area contributed by atoms with Gasteiger partial charge >= 0.3 is 12.3 Å². The van der Waals surface area contributed by atoms with Gasteiger partial charge in [0.1, 0.15) is 11.4 Å². The Balaban J connectivity index is 1.51. The van der Waals surface area contributed by atoms with Crippen molar-refractivity contribution in [3.05, 3.63) is 87.9 Å². The smallest absolute Gasteiger partial charge is 0.481 e. The summed E-state index contributed by atoms with van der Waals surface area (Å²) in [5.74, 6) is -1.35. The van der Waals surface area contributed by atoms with Gasteiger partial charge in [-0.3, -0.25) is 14.3 Å². The molecule has 14 heteroatoms. The molecule has 0 saturated carbocycles. The Morgan fingerprint density at radius 2 is 1.70 bits per heavy atom. The van der Waals surface area contributed by atoms with Crippen LogP contribution in [-0.2, 0) is 18.4 Å². The van der Waals surface area contributed by atoms with Gasteiger partial charge in [0.05, 0.1) is 29.7 Å². The summed E-state index contributed by atoms with van der Waals surface area (Å²) in [5, 5.41) is 16.9. The van der Waals surface area contributed by atoms with Crippen LogP contribution in [0.25, 0.3) is 33.8 Å². The summed E-state index contributed by atoms with van der Waals surface area (Å²) >= 11 is 12.5. The van der Waals surface area contributed by atoms with Crippen molar-refractivity contribution in [3.63, 3.8) is 0 Å². The summed E-state index contributed by atoms with van der Waals surface area (Å²) in [5.41, 5.74) is 3.73. The first-order valence-corrected chi connectivity index (χ1v) is 13.5. The Bertz CT molecular complexity index is 1810. The van der Waals surface area contributed by atoms with Gasteiger partial charge in [0.2, 0.25) is 0 Å². The molecular weight excluding hydrogens is 610 g/mol. The van der Waals surface area contributed by atoms with Crippen LogP contribution in [0.5, 0.6) is 5.75 Å². The third-order valence-corrected chi connectivity index (χ3v) is 6.86. The molecule has 0 aliphatic heterocycles. The molecule has 0 bridgehead atoms. The lowest BCUT2D eigenvalue weighted by Gasteiger charge is -2.10. The van der Waals surface area contributed by atoms with E-state index in [-0.39, 0.29) is 25.3 Å². The van der Waals surface area contributed by atoms with Crippen LogP contribution in [-0.4, -0.2) is 49.2 Å². The van der Waals surface area contributed by atoms with Gasteiger partial charge in [-0.25, -0.2) is 4.98 Å². The highest BCUT2D eigenvalue weighted by Gasteiger charge is 2.31. The van der Waals surface area contributed by atoms with E-state index in [1.165, 1.54) is 18.2 Å². The normalized spacial score (nSPS) is 11.6. The maximum absolute atomic E-state index is 12.8. The number of amides is 1. The summed E-state index contributed by atoms with van der Waals surface area (Å²) in [6.45, 7) is 0.251. The van der Waals surface area contributed by atoms with Crippen LogP contribution in [0.2, 0.25) is 10.0 Å². The molecule has 0 spiro atoms. The molecule has 5 aromatic rings. The highest BCUT2D eigenvalue weighted by Crippen LogP contribution is 2.33. The molecule has 0 radical (unpaired) electrons. The Labute approximate surface area is 252 Å². The van der Waals surface area contributed by atoms with Gasteiger partial charge in [0.25, 0.3) is 5.91 Å². The maximum atomic E-state index is 12.8. The number of nitrogens with one attached hydrogen (secondary N) is 1. The number of aromatic nitrogens is 4. The van der Waals surface area contributed by atoms with Crippen LogP contribution >= 0.6 is 23.2 Å². The molecule has 1 amide bonds. The largest absolute Gasteiger partial charge is 0.573 e. The van der Waals surface area contributed by atoms with Crippen LogP contribution in [0.15, 0.2) is 66.7 Å². The van der Waals surface area contributed by atoms with E-state index in [9.17, 15) is 22.8 Å². The third kappa shape index (κ3) is 7.09. The van der Waals surface area contributed by atoms with Gasteiger partial charge in [-0.05, 0) is 54.1 Å². The average Bonchev–Trinajstić information content (AvgIpc) is 3.48. The number of carbonyl (C=O) groups excluding carboxylic acids is 1. The molecule has 0 unspecified atom stereocenters. The molecule has 3 aromatic carbocycles. The van der Waals surface area contributed by atoms with Gasteiger partial charge in [0.15, 0.2) is 5.82 Å². The third-order valence-electron chi connectivity index (χ3n) is 6.43. The molecule has 0 saturated heterocycles. The summed E-state index contributed by atoms with van der Waals surface area (Å²) in [6, 6.07) is 17.4. The second kappa shape index (κ2) is 12.0. The average molecular weight is 632 g/mol. The van der Waals surface area contributed by atoms with Crippen molar-refractivity contribution in [2.24, 2.45) is 7.05 Å². The first-order chi connectivity index (χ1) is 20.4. The summed E-state index contributed by atoms with van der Waals surface area (Å²) in [6.07, 6.45) is -5.03. The topological polar surface area (TPSA) is 111 Å². The number of rotatable bonds is 9. The molecule has 0 aliphatic carbocycles. The Morgan fingerprint density at radius 3 is 2.35 bits per heavy atom. The number of hydrogen-bond donors (Lipinski definition) is 2. The molecule has 2 N–H and O–H groups in total. The molecule has 222 valence electrons. The number of carboxylic acids is 1. The zero-order chi connectivity index (χ0) is 30.9. The number of nitrogens with zero attached hydrogens (tertiary/aromatic N) is 4. The van der Waals surface area contributed by atoms with Crippen molar-refractivity contribution < 1.29 is 32.6 Å². The van der Waals surface area contributed by atoms with E-state index in [1.54, 1.807) is 64.8 Å². The SMILES string of the molecule is Cn1c(-c2cc(-c3cc(Cl)cc(Cl)c3)nn2Cc2ccc(C(=O)NCCC(=O)O)cc2)nc2ccc(OC(F)(F)F)cc21. The lowest BCUT2D eigenvalue weighted by Crippen LogP contribution is -2.25. The van der Waals surface area contributed by atoms with Crippen LogP contribution in [0.1, 0.15) is 22.3 Å². The number of carboxylic acid groups (broad SMARTS) is 1. The van der Waals surface area contributed by atoms with Gasteiger partial charge < -0.3 is 19.7 Å². The molecule has 2 aromatic heterocycles. The van der Waals surface area contributed by atoms with Crippen molar-refractivity contribution in [2.45, 2.75) is 19.3 Å². The first kappa shape index (κ1) is 29.9. The highest BCUT2D eigenvalue weighted by atomic mass is 35.5. The van der Waals surface area contributed by atoms with E-state index < -0.39 is 18.2 Å². The minimum absolute atomic E-state index is 0.00467. The van der Waals surface area contributed by atoms with E-state index in [0.717, 1.165) is 5.56 Å². The Hall–Kier alpha value is -4.55. The quantitative estimate of drug-likeness (QED) is 0.190. The minimum Gasteiger partial charge on any atom is -0.481 e. The van der Waals surface area contributed by atoms with Crippen molar-refractivity contribution >= 4 is 46.1 Å². The number of fused-ring (bicyclic) bond motifs is 1. The Kier molecular flexibility index (Phi) is 8.34. The van der Waals surface area contributed by atoms with Crippen molar-refractivity contribution in [3.8, 4) is 28.5 Å². The van der Waals surface area contributed by atoms with Crippen LogP contribution in [0.4, 0.5) is 13.2 Å². The van der Waals surface area contributed by atoms with Gasteiger partial charge in [-0.1, -0.05) is 35.3 Å². The number of imidazole rings is 1. The zero-order valence-corrected chi connectivity index (χ0v) is 23.8. The van der Waals surface area contributed by atoms with Crippen LogP contribution < -0.4 is 10.1 Å². The molecule has 43 heavy (non-hydrogen) atoms. The monoisotopic (exact) mass is 631 g/mol. The molecule has 5 rings (SSSR count). The molecule has 0 aliphatic rings. The lowest BCUT2D eigenvalue weighted by molar-refractivity contribution is -0.274. The number of hydrogen-bond acceptors (Lipinski definition) is 5. The fourth-order valence-electron chi connectivity index (χ4n) is 4.48. The number of aryl methyl sites for hydroxylation is 1. The molecule has 2 heterocycles. The predicted octanol–water partition coefficient (Wildman–Crippen LogP) is 6.56. The second-order valence-electron chi connectivity index (χ2n) is 9.52. The van der Waals surface area contributed by atoms with Crippen molar-refractivity contribution in [1.29, 1.82) is 0 Å². The molecule has 9 nitrogen and oxygen atoms in total. The van der Waals surface area contributed by atoms with E-state index in [1.807, 2.05) is 0 Å². The maximum Gasteiger partial charge on any atom is 0.573 e. The highest BCUT2D eigenvalue weighted by molar-refractivity contribution is 6.35. The number of carbonyl (C=O) groups is 2. The van der Waals surface area contributed by atoms with Gasteiger partial charge in [-0.15, -0.1) is 13.2 Å². The van der Waals surface area contributed by atoms with E-state index in [4.69, 9.17) is 33.4 Å². The number of alkyl halides is 3. The zero-order valence-electron chi connectivity index (χ0n) is 22.3. The van der Waals surface area contributed by atoms with Crippen LogP contribution in [0, 0.1) is 0 Å². The van der Waals surface area contributed by atoms with E-state index in [0.29, 0.717) is 49.4 Å². The number of halogens is 5. The minimum atomic E-state index is -4.84. The first-order valence-electron chi connectivity index (χ1n) is 12.7. The fourth-order valence-corrected chi connectivity index (χ4v) is 5.00. The second-order valence-corrected chi connectivity index (χ2v) is 10.4. The molecule has 0 fully saturated rings. The van der Waals surface area contributed by atoms with Gasteiger partial charge in [0, 0.05) is 40.8 Å². The number of aliphatic carboxylic acids is 1. The van der Waals surface area contributed by atoms with E-state index in [2.05, 4.69) is 15.0 Å². The van der Waals surface area contributed by atoms with Crippen LogP contribution in [0.3, 0.4) is 0 Å². The summed E-state index contributed by atoms with van der Waals surface area (Å²) in [7, 11) is 1.67. The lowest BCUT2D eigenvalue weighted by atomic mass is 10.1. The number of benzene rings is 3. The predicted molar refractivity (Wildman–Crippen MR) is 154 cm³/mol. The fraction of sp³-hybridized carbons (Fsp3) is 0.172. The Morgan fingerprint density at radius 1 is 1.00 bits per heavy atom. The van der Waals surface area contributed by atoms with E-state index >= 15 is 0 Å².